The molecular weight excluding hydrogens is 312 g/mol. The van der Waals surface area contributed by atoms with Gasteiger partial charge in [0.25, 0.3) is 5.91 Å². The molecule has 1 amide bonds. The van der Waals surface area contributed by atoms with E-state index in [0.29, 0.717) is 11.8 Å². The summed E-state index contributed by atoms with van der Waals surface area (Å²) in [6, 6.07) is 6.25. The zero-order valence-corrected chi connectivity index (χ0v) is 15.7. The first-order chi connectivity index (χ1) is 11.9. The average Bonchev–Trinajstić information content (AvgIpc) is 3.43. The number of hydrogen-bond donors (Lipinski definition) is 1. The van der Waals surface area contributed by atoms with Crippen LogP contribution in [-0.4, -0.2) is 59.1 Å². The smallest absolute Gasteiger partial charge is 0.253 e. The van der Waals surface area contributed by atoms with Gasteiger partial charge in [0, 0.05) is 38.3 Å². The zero-order valence-electron chi connectivity index (χ0n) is 15.7. The molecule has 25 heavy (non-hydrogen) atoms. The third kappa shape index (κ3) is 3.34. The Morgan fingerprint density at radius 3 is 2.48 bits per heavy atom. The second-order valence-electron chi connectivity index (χ2n) is 8.67. The van der Waals surface area contributed by atoms with Gasteiger partial charge in [-0.1, -0.05) is 6.07 Å². The third-order valence-corrected chi connectivity index (χ3v) is 6.52. The van der Waals surface area contributed by atoms with Gasteiger partial charge in [0.1, 0.15) is 0 Å². The molecule has 2 aliphatic carbocycles. The second kappa shape index (κ2) is 6.10. The molecule has 2 saturated carbocycles. The highest BCUT2D eigenvalue weighted by atomic mass is 16.3. The van der Waals surface area contributed by atoms with Crippen LogP contribution in [0.2, 0.25) is 0 Å². The highest BCUT2D eigenvalue weighted by Crippen LogP contribution is 2.45. The second-order valence-corrected chi connectivity index (χ2v) is 8.67. The molecule has 1 atom stereocenters. The topological polar surface area (TPSA) is 43.8 Å². The van der Waals surface area contributed by atoms with Crippen molar-refractivity contribution in [3.8, 4) is 0 Å². The van der Waals surface area contributed by atoms with E-state index in [4.69, 9.17) is 0 Å². The number of nitrogens with zero attached hydrogens (tertiary/aromatic N) is 2. The van der Waals surface area contributed by atoms with E-state index in [1.165, 1.54) is 36.8 Å². The molecule has 1 N–H and O–H groups in total. The minimum atomic E-state index is -0.440. The molecule has 0 bridgehead atoms. The summed E-state index contributed by atoms with van der Waals surface area (Å²) in [5.74, 6) is 1.27. The minimum absolute atomic E-state index is 0.123. The molecule has 1 aliphatic heterocycles. The largest absolute Gasteiger partial charge is 0.387 e. The Morgan fingerprint density at radius 1 is 1.24 bits per heavy atom. The van der Waals surface area contributed by atoms with Crippen molar-refractivity contribution in [3.05, 3.63) is 34.9 Å². The van der Waals surface area contributed by atoms with E-state index in [2.05, 4.69) is 18.7 Å². The van der Waals surface area contributed by atoms with Crippen LogP contribution in [0.3, 0.4) is 0 Å². The number of β-amino-alcohol motifs (C(OH)–C–C–N with tert-alkyl or cyclic N) is 1. The summed E-state index contributed by atoms with van der Waals surface area (Å²) >= 11 is 0. The fraction of sp³-hybridized carbons (Fsp3) is 0.667. The number of likely N-dealkylation sites (N-methyl/N-ethyl adjacent to an activating group) is 1. The maximum Gasteiger partial charge on any atom is 0.253 e. The summed E-state index contributed by atoms with van der Waals surface area (Å²) in [6.07, 6.45) is 4.80. The quantitative estimate of drug-likeness (QED) is 0.864. The molecule has 3 aliphatic rings. The summed E-state index contributed by atoms with van der Waals surface area (Å²) in [6.45, 7) is 6.60. The monoisotopic (exact) mass is 342 g/mol. The van der Waals surface area contributed by atoms with Crippen molar-refractivity contribution in [1.82, 2.24) is 9.80 Å². The molecule has 1 unspecified atom stereocenters. The van der Waals surface area contributed by atoms with Crippen LogP contribution < -0.4 is 0 Å². The lowest BCUT2D eigenvalue weighted by molar-refractivity contribution is -0.118. The van der Waals surface area contributed by atoms with Crippen molar-refractivity contribution in [2.75, 3.05) is 26.7 Å². The summed E-state index contributed by atoms with van der Waals surface area (Å²) < 4.78 is 0. The molecule has 1 aromatic rings. The summed E-state index contributed by atoms with van der Waals surface area (Å²) in [7, 11) is 1.95. The van der Waals surface area contributed by atoms with Gasteiger partial charge in [0.2, 0.25) is 0 Å². The Bertz CT molecular complexity index is 672. The van der Waals surface area contributed by atoms with E-state index in [1.807, 2.05) is 30.1 Å². The van der Waals surface area contributed by atoms with Crippen molar-refractivity contribution in [2.24, 2.45) is 11.8 Å². The van der Waals surface area contributed by atoms with Crippen LogP contribution in [0.1, 0.15) is 47.2 Å². The third-order valence-electron chi connectivity index (χ3n) is 6.52. The summed E-state index contributed by atoms with van der Waals surface area (Å²) in [5, 5.41) is 10.5. The van der Waals surface area contributed by atoms with Gasteiger partial charge in [-0.2, -0.15) is 0 Å². The van der Waals surface area contributed by atoms with Gasteiger partial charge in [0.05, 0.1) is 5.60 Å². The fourth-order valence-corrected chi connectivity index (χ4v) is 4.30. The lowest BCUT2D eigenvalue weighted by Gasteiger charge is -2.49. The van der Waals surface area contributed by atoms with Crippen LogP contribution in [0.5, 0.6) is 0 Å². The number of amides is 1. The Hall–Kier alpha value is -1.39. The Kier molecular flexibility index (Phi) is 4.16. The van der Waals surface area contributed by atoms with Crippen molar-refractivity contribution in [3.63, 3.8) is 0 Å². The van der Waals surface area contributed by atoms with Crippen LogP contribution >= 0.6 is 0 Å². The molecule has 1 heterocycles. The summed E-state index contributed by atoms with van der Waals surface area (Å²) in [4.78, 5) is 17.3. The molecule has 4 heteroatoms. The molecule has 4 rings (SSSR count). The predicted molar refractivity (Wildman–Crippen MR) is 98.6 cm³/mol. The number of aliphatic hydroxyl groups is 1. The summed E-state index contributed by atoms with van der Waals surface area (Å²) in [5.41, 5.74) is 2.73. The van der Waals surface area contributed by atoms with E-state index in [9.17, 15) is 9.90 Å². The molecule has 1 aromatic carbocycles. The standard InChI is InChI=1S/C21H30N2O2/c1-14-4-5-17(10-15(14)2)20(24)22(3)19(16-6-7-16)11-23-12-21(25,13-23)18-8-9-18/h4-5,10,16,18-19,25H,6-9,11-13H2,1-3H3. The van der Waals surface area contributed by atoms with Gasteiger partial charge in [-0.15, -0.1) is 0 Å². The molecule has 0 radical (unpaired) electrons. The van der Waals surface area contributed by atoms with Crippen molar-refractivity contribution in [1.29, 1.82) is 0 Å². The van der Waals surface area contributed by atoms with Crippen LogP contribution in [0.15, 0.2) is 18.2 Å². The highest BCUT2D eigenvalue weighted by molar-refractivity contribution is 5.94. The van der Waals surface area contributed by atoms with E-state index in [-0.39, 0.29) is 11.9 Å². The normalized spacial score (nSPS) is 23.8. The number of aryl methyl sites for hydroxylation is 2. The highest BCUT2D eigenvalue weighted by Gasteiger charge is 2.52. The number of carbonyl (C=O) groups excluding carboxylic acids is 1. The number of carbonyl (C=O) groups is 1. The number of hydrogen-bond acceptors (Lipinski definition) is 3. The Balaban J connectivity index is 1.41. The van der Waals surface area contributed by atoms with Gasteiger partial charge in [-0.05, 0) is 74.6 Å². The van der Waals surface area contributed by atoms with Crippen molar-refractivity contribution in [2.45, 2.75) is 51.2 Å². The molecule has 136 valence electrons. The molecule has 4 nitrogen and oxygen atoms in total. The van der Waals surface area contributed by atoms with E-state index in [1.54, 1.807) is 0 Å². The number of likely N-dealkylation sites (tertiary alicyclic amines) is 1. The molecule has 0 spiro atoms. The van der Waals surface area contributed by atoms with Crippen LogP contribution in [-0.2, 0) is 0 Å². The maximum absolute atomic E-state index is 13.0. The average molecular weight is 342 g/mol. The SMILES string of the molecule is Cc1ccc(C(=O)N(C)C(CN2CC(O)(C3CC3)C2)C2CC2)cc1C. The number of benzene rings is 1. The first-order valence-corrected chi connectivity index (χ1v) is 9.66. The predicted octanol–water partition coefficient (Wildman–Crippen LogP) is 2.61. The van der Waals surface area contributed by atoms with E-state index in [0.717, 1.165) is 25.2 Å². The van der Waals surface area contributed by atoms with E-state index < -0.39 is 5.60 Å². The lowest BCUT2D eigenvalue weighted by atomic mass is 9.88. The first kappa shape index (κ1) is 17.0. The van der Waals surface area contributed by atoms with Crippen molar-refractivity contribution < 1.29 is 9.90 Å². The first-order valence-electron chi connectivity index (χ1n) is 9.66. The Labute approximate surface area is 150 Å². The molecule has 3 fully saturated rings. The molecule has 0 aromatic heterocycles. The molecule has 1 saturated heterocycles. The van der Waals surface area contributed by atoms with Gasteiger partial charge < -0.3 is 10.0 Å². The fourth-order valence-electron chi connectivity index (χ4n) is 4.30. The minimum Gasteiger partial charge on any atom is -0.387 e. The van der Waals surface area contributed by atoms with Gasteiger partial charge in [-0.25, -0.2) is 0 Å². The van der Waals surface area contributed by atoms with Crippen LogP contribution in [0, 0.1) is 25.7 Å². The van der Waals surface area contributed by atoms with Gasteiger partial charge >= 0.3 is 0 Å². The molecular formula is C21H30N2O2. The maximum atomic E-state index is 13.0. The lowest BCUT2D eigenvalue weighted by Crippen LogP contribution is -2.65. The van der Waals surface area contributed by atoms with E-state index >= 15 is 0 Å². The van der Waals surface area contributed by atoms with Crippen molar-refractivity contribution >= 4 is 5.91 Å². The zero-order chi connectivity index (χ0) is 17.8. The number of rotatable bonds is 6. The van der Waals surface area contributed by atoms with Crippen LogP contribution in [0.4, 0.5) is 0 Å². The van der Waals surface area contributed by atoms with Crippen LogP contribution in [0.25, 0.3) is 0 Å². The van der Waals surface area contributed by atoms with Gasteiger partial charge in [-0.3, -0.25) is 9.69 Å². The van der Waals surface area contributed by atoms with Gasteiger partial charge in [0.15, 0.2) is 0 Å². The Morgan fingerprint density at radius 2 is 1.92 bits per heavy atom.